The Morgan fingerprint density at radius 3 is 1.32 bits per heavy atom. The van der Waals surface area contributed by atoms with Gasteiger partial charge in [-0.1, -0.05) is 99.2 Å². The van der Waals surface area contributed by atoms with Crippen molar-refractivity contribution in [1.29, 1.82) is 0 Å². The van der Waals surface area contributed by atoms with E-state index in [1.165, 1.54) is 50.9 Å². The summed E-state index contributed by atoms with van der Waals surface area (Å²) in [7, 11) is -1.24. The van der Waals surface area contributed by atoms with Crippen molar-refractivity contribution in [3.63, 3.8) is 0 Å². The Hall–Kier alpha value is -7.83. The van der Waals surface area contributed by atoms with Gasteiger partial charge in [0.15, 0.2) is 0 Å². The molecule has 2 saturated carbocycles. The van der Waals surface area contributed by atoms with Gasteiger partial charge in [-0.15, -0.1) is 0 Å². The maximum Gasteiger partial charge on any atom is 0.335 e. The zero-order chi connectivity index (χ0) is 57.6. The van der Waals surface area contributed by atoms with Crippen molar-refractivity contribution in [2.24, 2.45) is 0 Å². The van der Waals surface area contributed by atoms with E-state index < -0.39 is 22.1 Å². The standard InChI is InChI=1S/C33H39N5O5S.C31H33N3O4/c1-22(39)36-15-17-37(18-16-36)33(41)26-19-24-11-7-8-12-27(24)31-30(23-9-5-4-6-10-23)28-14-13-25(20-29(28)38(31)21-26)32(40)34-44(42,43)35(2)3;1-20(35)32-13-15-33(16-14-32)30(36)24-17-22-9-5-6-10-25(22)29-28(21-7-3-2-4-8-21)26-12-11-23(31(37)38)18-27(26)34(29)19-24/h7-8,11-14,19-20,23H,4-6,9-10,15-18,21H2,1-3H3,(H,34,40);5-6,9-12,17-18,21H,2-4,7-8,13-16,19H2,1H3,(H,37,38). The summed E-state index contributed by atoms with van der Waals surface area (Å²) in [4.78, 5) is 83.9. The molecule has 82 heavy (non-hydrogen) atoms. The Morgan fingerprint density at radius 2 is 0.915 bits per heavy atom. The van der Waals surface area contributed by atoms with E-state index in [4.69, 9.17) is 0 Å². The topological polar surface area (TPSA) is 195 Å². The summed E-state index contributed by atoms with van der Waals surface area (Å²) in [6, 6.07) is 27.2. The second-order valence-corrected chi connectivity index (χ2v) is 24.8. The molecule has 4 fully saturated rings. The fourth-order valence-electron chi connectivity index (χ4n) is 13.4. The molecule has 0 bridgehead atoms. The molecule has 6 aromatic rings. The van der Waals surface area contributed by atoms with Crippen molar-refractivity contribution in [1.82, 2.24) is 37.8 Å². The second kappa shape index (κ2) is 23.2. The smallest absolute Gasteiger partial charge is 0.335 e. The fourth-order valence-corrected chi connectivity index (χ4v) is 13.9. The van der Waals surface area contributed by atoms with Crippen LogP contribution >= 0.6 is 0 Å². The number of piperazine rings is 2. The maximum absolute atomic E-state index is 14.0. The van der Waals surface area contributed by atoms with Gasteiger partial charge < -0.3 is 33.8 Å². The number of nitrogens with one attached hydrogen (secondary N) is 1. The molecular formula is C64H72N8O9S. The number of carboxylic acid groups (broad SMARTS) is 1. The van der Waals surface area contributed by atoms with Crippen LogP contribution in [0.25, 0.3) is 56.5 Å². The van der Waals surface area contributed by atoms with E-state index in [9.17, 15) is 42.3 Å². The molecule has 2 saturated heterocycles. The summed E-state index contributed by atoms with van der Waals surface area (Å²) in [6.07, 6.45) is 15.5. The third-order valence-electron chi connectivity index (χ3n) is 17.8. The molecule has 12 rings (SSSR count). The van der Waals surface area contributed by atoms with Crippen LogP contribution < -0.4 is 4.72 Å². The van der Waals surface area contributed by atoms with Crippen molar-refractivity contribution >= 4 is 79.7 Å². The SMILES string of the molecule is CC(=O)N1CCN(C(=O)C2=Cc3ccccc3-c3c(C4CCCCC4)c4ccc(C(=O)NS(=O)(=O)N(C)C)cc4n3C2)CC1.CC(=O)N1CCN(C(=O)C2=Cc3ccccc3-c3c(C4CCCCC4)c4ccc(C(=O)O)cc4n3C2)CC1. The Morgan fingerprint density at radius 1 is 0.524 bits per heavy atom. The minimum atomic E-state index is -3.97. The molecule has 0 atom stereocenters. The van der Waals surface area contributed by atoms with Crippen molar-refractivity contribution in [2.45, 2.75) is 103 Å². The van der Waals surface area contributed by atoms with Crippen LogP contribution in [0.1, 0.15) is 133 Å². The van der Waals surface area contributed by atoms with E-state index in [1.54, 1.807) is 47.9 Å². The Balaban J connectivity index is 0.000000174. The van der Waals surface area contributed by atoms with Crippen LogP contribution in [0.4, 0.5) is 0 Å². The highest BCUT2D eigenvalue weighted by Crippen LogP contribution is 2.49. The fraction of sp³-hybridized carbons (Fsp3) is 0.406. The first kappa shape index (κ1) is 56.1. The van der Waals surface area contributed by atoms with E-state index in [1.807, 2.05) is 64.4 Å². The lowest BCUT2D eigenvalue weighted by Gasteiger charge is -2.34. The lowest BCUT2D eigenvalue weighted by atomic mass is 9.81. The largest absolute Gasteiger partial charge is 0.478 e. The van der Waals surface area contributed by atoms with Crippen LogP contribution in [0.5, 0.6) is 0 Å². The van der Waals surface area contributed by atoms with E-state index in [0.29, 0.717) is 88.4 Å². The number of fused-ring (bicyclic) bond motifs is 10. The van der Waals surface area contributed by atoms with Gasteiger partial charge in [0.2, 0.25) is 11.8 Å². The van der Waals surface area contributed by atoms with Crippen LogP contribution in [0.2, 0.25) is 0 Å². The normalized spacial score (nSPS) is 17.8. The Bertz CT molecular complexity index is 3730. The molecule has 0 radical (unpaired) electrons. The molecule has 428 valence electrons. The minimum Gasteiger partial charge on any atom is -0.478 e. The predicted molar refractivity (Wildman–Crippen MR) is 317 cm³/mol. The number of benzene rings is 4. The van der Waals surface area contributed by atoms with Gasteiger partial charge in [0, 0.05) is 130 Å². The third kappa shape index (κ3) is 10.9. The number of hydrogen-bond donors (Lipinski definition) is 2. The summed E-state index contributed by atoms with van der Waals surface area (Å²) >= 11 is 0. The predicted octanol–water partition coefficient (Wildman–Crippen LogP) is 9.12. The number of carbonyl (C=O) groups excluding carboxylic acids is 5. The lowest BCUT2D eigenvalue weighted by Crippen LogP contribution is -2.50. The number of carboxylic acids is 1. The molecule has 6 aliphatic rings. The number of carbonyl (C=O) groups is 6. The van der Waals surface area contributed by atoms with Crippen LogP contribution in [0, 0.1) is 0 Å². The summed E-state index contributed by atoms with van der Waals surface area (Å²) in [5.74, 6) is -0.965. The zero-order valence-electron chi connectivity index (χ0n) is 47.3. The second-order valence-electron chi connectivity index (χ2n) is 23.0. The number of rotatable bonds is 8. The molecule has 4 aliphatic heterocycles. The van der Waals surface area contributed by atoms with Gasteiger partial charge in [0.1, 0.15) is 0 Å². The molecule has 17 nitrogen and oxygen atoms in total. The van der Waals surface area contributed by atoms with Crippen molar-refractivity contribution in [2.75, 3.05) is 66.5 Å². The third-order valence-corrected chi connectivity index (χ3v) is 19.2. The molecule has 2 N–H and O–H groups in total. The van der Waals surface area contributed by atoms with Gasteiger partial charge in [0.05, 0.1) is 30.0 Å². The van der Waals surface area contributed by atoms with Gasteiger partial charge >= 0.3 is 16.2 Å². The molecule has 18 heteroatoms. The first-order valence-corrected chi connectivity index (χ1v) is 30.4. The molecule has 5 amide bonds. The number of hydrogen-bond acceptors (Lipinski definition) is 8. The molecule has 6 heterocycles. The van der Waals surface area contributed by atoms with Crippen molar-refractivity contribution in [3.05, 3.63) is 129 Å². The van der Waals surface area contributed by atoms with Crippen molar-refractivity contribution < 1.29 is 42.3 Å². The maximum atomic E-state index is 14.0. The van der Waals surface area contributed by atoms with Crippen LogP contribution in [-0.4, -0.2) is 149 Å². The molecule has 4 aromatic carbocycles. The number of aromatic nitrogens is 2. The van der Waals surface area contributed by atoms with E-state index in [0.717, 1.165) is 98.3 Å². The molecule has 2 aromatic heterocycles. The summed E-state index contributed by atoms with van der Waals surface area (Å²) in [5.41, 5.74) is 12.3. The minimum absolute atomic E-state index is 0.0108. The quantitative estimate of drug-likeness (QED) is 0.149. The molecule has 2 aliphatic carbocycles. The van der Waals surface area contributed by atoms with E-state index in [2.05, 4.69) is 32.1 Å². The first-order chi connectivity index (χ1) is 39.5. The number of nitrogens with zero attached hydrogens (tertiary/aromatic N) is 7. The molecule has 0 spiro atoms. The lowest BCUT2D eigenvalue weighted by molar-refractivity contribution is -0.136. The average Bonchev–Trinajstić information content (AvgIpc) is 3.31. The average molecular weight is 1130 g/mol. The monoisotopic (exact) mass is 1130 g/mol. The summed E-state index contributed by atoms with van der Waals surface area (Å²) in [5, 5.41) is 11.9. The van der Waals surface area contributed by atoms with Gasteiger partial charge in [0.25, 0.3) is 17.7 Å². The van der Waals surface area contributed by atoms with E-state index in [-0.39, 0.29) is 34.8 Å². The summed E-state index contributed by atoms with van der Waals surface area (Å²) < 4.78 is 32.3. The highest BCUT2D eigenvalue weighted by Gasteiger charge is 2.35. The van der Waals surface area contributed by atoms with Crippen LogP contribution in [-0.2, 0) is 42.5 Å². The van der Waals surface area contributed by atoms with Gasteiger partial charge in [-0.25, -0.2) is 9.52 Å². The number of aromatic carboxylic acids is 1. The van der Waals surface area contributed by atoms with E-state index >= 15 is 0 Å². The van der Waals surface area contributed by atoms with Gasteiger partial charge in [-0.2, -0.15) is 12.7 Å². The number of amides is 5. The highest BCUT2D eigenvalue weighted by molar-refractivity contribution is 7.87. The van der Waals surface area contributed by atoms with Gasteiger partial charge in [-0.3, -0.25) is 24.0 Å². The first-order valence-electron chi connectivity index (χ1n) is 29.0. The van der Waals surface area contributed by atoms with Gasteiger partial charge in [-0.05, 0) is 96.2 Å². The molecular weight excluding hydrogens is 1060 g/mol. The van der Waals surface area contributed by atoms with Crippen LogP contribution in [0.15, 0.2) is 96.1 Å². The van der Waals surface area contributed by atoms with Crippen molar-refractivity contribution in [3.8, 4) is 22.5 Å². The summed E-state index contributed by atoms with van der Waals surface area (Å²) in [6.45, 7) is 7.83. The Kier molecular flexibility index (Phi) is 15.9. The highest BCUT2D eigenvalue weighted by atomic mass is 32.2. The molecule has 0 unspecified atom stereocenters. The Labute approximate surface area is 479 Å². The van der Waals surface area contributed by atoms with Crippen LogP contribution in [0.3, 0.4) is 0 Å². The zero-order valence-corrected chi connectivity index (χ0v) is 48.1.